The van der Waals surface area contributed by atoms with Crippen LogP contribution < -0.4 is 10.2 Å². The highest BCUT2D eigenvalue weighted by molar-refractivity contribution is 5.95. The van der Waals surface area contributed by atoms with Crippen LogP contribution in [0.2, 0.25) is 0 Å². The Morgan fingerprint density at radius 1 is 1.20 bits per heavy atom. The minimum absolute atomic E-state index is 0.0679. The molecule has 2 rings (SSSR count). The second kappa shape index (κ2) is 7.76. The van der Waals surface area contributed by atoms with E-state index < -0.39 is 5.41 Å². The molecule has 1 aromatic carbocycles. The number of hydrogen-bond donors (Lipinski definition) is 3. The topological polar surface area (TPSA) is 105 Å². The molecule has 0 spiro atoms. The lowest BCUT2D eigenvalue weighted by Crippen LogP contribution is -2.32. The van der Waals surface area contributed by atoms with Crippen LogP contribution >= 0.6 is 0 Å². The third-order valence-electron chi connectivity index (χ3n) is 3.67. The van der Waals surface area contributed by atoms with E-state index in [1.807, 2.05) is 23.7 Å². The number of nitrogens with zero attached hydrogens (tertiary/aromatic N) is 1. The molecule has 0 saturated carbocycles. The maximum atomic E-state index is 11.6. The number of carbonyl (C=O) groups excluding carboxylic acids is 1. The summed E-state index contributed by atoms with van der Waals surface area (Å²) in [4.78, 5) is 15.9. The van der Waals surface area contributed by atoms with Gasteiger partial charge in [-0.25, -0.2) is 4.98 Å². The van der Waals surface area contributed by atoms with E-state index in [0.717, 1.165) is 11.1 Å². The molecule has 3 N–H and O–H groups in total. The standard InChI is InChI=1S/C18H21N3O4/c1-18(2,17(22)24-3)11-25-15-9-8-14(10-20-15)12-4-6-13(7-5-12)16(19)21-23/h4-10,23H,11H2,1-3H3,(H2,19,21). The van der Waals surface area contributed by atoms with E-state index in [2.05, 4.69) is 4.98 Å². The number of esters is 1. The molecule has 0 radical (unpaired) electrons. The van der Waals surface area contributed by atoms with E-state index in [1.54, 1.807) is 38.2 Å². The summed E-state index contributed by atoms with van der Waals surface area (Å²) in [6, 6.07) is 10.7. The highest BCUT2D eigenvalue weighted by Gasteiger charge is 2.29. The fourth-order valence-electron chi connectivity index (χ4n) is 2.12. The van der Waals surface area contributed by atoms with Crippen LogP contribution in [0.15, 0.2) is 42.6 Å². The van der Waals surface area contributed by atoms with E-state index in [1.165, 1.54) is 7.11 Å². The number of hydroxylamine groups is 1. The Hall–Kier alpha value is -2.93. The Labute approximate surface area is 146 Å². The quantitative estimate of drug-likeness (QED) is 0.322. The maximum absolute atomic E-state index is 11.6. The summed E-state index contributed by atoms with van der Waals surface area (Å²) in [6.45, 7) is 3.65. The molecule has 7 nitrogen and oxygen atoms in total. The Kier molecular flexibility index (Phi) is 5.71. The van der Waals surface area contributed by atoms with Gasteiger partial charge in [0.15, 0.2) is 0 Å². The van der Waals surface area contributed by atoms with Gasteiger partial charge in [0.1, 0.15) is 12.4 Å². The fourth-order valence-corrected chi connectivity index (χ4v) is 2.12. The molecule has 0 atom stereocenters. The normalized spacial score (nSPS) is 10.9. The van der Waals surface area contributed by atoms with Crippen molar-refractivity contribution in [1.29, 1.82) is 5.41 Å². The van der Waals surface area contributed by atoms with Crippen LogP contribution in [0.25, 0.3) is 11.1 Å². The lowest BCUT2D eigenvalue weighted by molar-refractivity contribution is -0.152. The summed E-state index contributed by atoms with van der Waals surface area (Å²) < 4.78 is 10.3. The summed E-state index contributed by atoms with van der Waals surface area (Å²) in [5.74, 6) is 0.0115. The van der Waals surface area contributed by atoms with Gasteiger partial charge in [-0.05, 0) is 25.5 Å². The molecular weight excluding hydrogens is 322 g/mol. The third kappa shape index (κ3) is 4.54. The molecule has 2 aromatic rings. The van der Waals surface area contributed by atoms with Crippen LogP contribution in [-0.2, 0) is 9.53 Å². The number of rotatable bonds is 6. The van der Waals surface area contributed by atoms with Gasteiger partial charge in [0.2, 0.25) is 5.88 Å². The van der Waals surface area contributed by atoms with Gasteiger partial charge in [0.05, 0.1) is 12.5 Å². The zero-order valence-electron chi connectivity index (χ0n) is 14.4. The minimum Gasteiger partial charge on any atom is -0.476 e. The van der Waals surface area contributed by atoms with Crippen molar-refractivity contribution < 1.29 is 19.5 Å². The maximum Gasteiger partial charge on any atom is 0.314 e. The first-order valence-corrected chi connectivity index (χ1v) is 7.64. The predicted molar refractivity (Wildman–Crippen MR) is 92.7 cm³/mol. The van der Waals surface area contributed by atoms with E-state index in [-0.39, 0.29) is 18.4 Å². The summed E-state index contributed by atoms with van der Waals surface area (Å²) in [5.41, 5.74) is 3.43. The average molecular weight is 343 g/mol. The number of aromatic nitrogens is 1. The SMILES string of the molecule is COC(=O)C(C)(C)COc1ccc(-c2ccc(C(=N)NO)cc2)cn1. The van der Waals surface area contributed by atoms with Gasteiger partial charge in [0.25, 0.3) is 0 Å². The number of carbonyl (C=O) groups is 1. The van der Waals surface area contributed by atoms with Crippen LogP contribution in [0.5, 0.6) is 5.88 Å². The summed E-state index contributed by atoms with van der Waals surface area (Å²) >= 11 is 0. The first-order valence-electron chi connectivity index (χ1n) is 7.64. The first kappa shape index (κ1) is 18.4. The predicted octanol–water partition coefficient (Wildman–Crippen LogP) is 2.63. The summed E-state index contributed by atoms with van der Waals surface area (Å²) in [5, 5.41) is 16.2. The van der Waals surface area contributed by atoms with Crippen molar-refractivity contribution in [3.8, 4) is 17.0 Å². The molecule has 0 saturated heterocycles. The molecule has 0 aliphatic carbocycles. The molecule has 1 aromatic heterocycles. The molecule has 0 bridgehead atoms. The minimum atomic E-state index is -0.754. The summed E-state index contributed by atoms with van der Waals surface area (Å²) in [6.07, 6.45) is 1.67. The molecule has 25 heavy (non-hydrogen) atoms. The van der Waals surface area contributed by atoms with Crippen molar-refractivity contribution in [3.63, 3.8) is 0 Å². The smallest absolute Gasteiger partial charge is 0.314 e. The van der Waals surface area contributed by atoms with E-state index in [4.69, 9.17) is 20.1 Å². The second-order valence-corrected chi connectivity index (χ2v) is 6.11. The van der Waals surface area contributed by atoms with Crippen LogP contribution in [0.3, 0.4) is 0 Å². The number of pyridine rings is 1. The Morgan fingerprint density at radius 3 is 2.36 bits per heavy atom. The molecule has 7 heteroatoms. The molecule has 0 aliphatic heterocycles. The van der Waals surface area contributed by atoms with E-state index in [9.17, 15) is 4.79 Å². The molecular formula is C18H21N3O4. The van der Waals surface area contributed by atoms with Crippen molar-refractivity contribution >= 4 is 11.8 Å². The van der Waals surface area contributed by atoms with Crippen LogP contribution in [0, 0.1) is 10.8 Å². The average Bonchev–Trinajstić information content (AvgIpc) is 2.65. The summed E-state index contributed by atoms with van der Waals surface area (Å²) in [7, 11) is 1.35. The number of nitrogens with one attached hydrogen (secondary N) is 2. The molecule has 0 amide bonds. The zero-order valence-corrected chi connectivity index (χ0v) is 14.4. The Morgan fingerprint density at radius 2 is 1.84 bits per heavy atom. The molecule has 0 aliphatic rings. The van der Waals surface area contributed by atoms with Crippen molar-refractivity contribution in [1.82, 2.24) is 10.5 Å². The number of ether oxygens (including phenoxy) is 2. The van der Waals surface area contributed by atoms with Crippen molar-refractivity contribution in [3.05, 3.63) is 48.2 Å². The van der Waals surface area contributed by atoms with Crippen LogP contribution in [0.4, 0.5) is 0 Å². The second-order valence-electron chi connectivity index (χ2n) is 6.11. The van der Waals surface area contributed by atoms with E-state index in [0.29, 0.717) is 11.4 Å². The Balaban J connectivity index is 2.04. The fraction of sp³-hybridized carbons (Fsp3) is 0.278. The number of methoxy groups -OCH3 is 1. The molecule has 132 valence electrons. The van der Waals surface area contributed by atoms with Crippen molar-refractivity contribution in [2.45, 2.75) is 13.8 Å². The number of hydrogen-bond acceptors (Lipinski definition) is 6. The van der Waals surface area contributed by atoms with Crippen molar-refractivity contribution in [2.75, 3.05) is 13.7 Å². The van der Waals surface area contributed by atoms with Gasteiger partial charge in [-0.1, -0.05) is 24.3 Å². The first-order chi connectivity index (χ1) is 11.9. The highest BCUT2D eigenvalue weighted by atomic mass is 16.5. The number of benzene rings is 1. The van der Waals surface area contributed by atoms with Gasteiger partial charge in [-0.15, -0.1) is 0 Å². The highest BCUT2D eigenvalue weighted by Crippen LogP contribution is 2.23. The van der Waals surface area contributed by atoms with Crippen molar-refractivity contribution in [2.24, 2.45) is 5.41 Å². The third-order valence-corrected chi connectivity index (χ3v) is 3.67. The van der Waals surface area contributed by atoms with Gasteiger partial charge in [0, 0.05) is 23.4 Å². The van der Waals surface area contributed by atoms with Gasteiger partial charge >= 0.3 is 5.97 Å². The van der Waals surface area contributed by atoms with Crippen LogP contribution in [-0.4, -0.2) is 35.7 Å². The van der Waals surface area contributed by atoms with Gasteiger partial charge < -0.3 is 9.47 Å². The molecule has 0 unspecified atom stereocenters. The largest absolute Gasteiger partial charge is 0.476 e. The lowest BCUT2D eigenvalue weighted by atomic mass is 9.95. The van der Waals surface area contributed by atoms with Gasteiger partial charge in [-0.3, -0.25) is 20.9 Å². The number of amidine groups is 1. The Bertz CT molecular complexity index is 740. The van der Waals surface area contributed by atoms with Gasteiger partial charge in [-0.2, -0.15) is 0 Å². The molecule has 1 heterocycles. The monoisotopic (exact) mass is 343 g/mol. The zero-order chi connectivity index (χ0) is 18.4. The van der Waals surface area contributed by atoms with Crippen LogP contribution in [0.1, 0.15) is 19.4 Å². The molecule has 0 fully saturated rings. The van der Waals surface area contributed by atoms with E-state index >= 15 is 0 Å². The lowest BCUT2D eigenvalue weighted by Gasteiger charge is -2.21.